The number of hydrogen-bond donors (Lipinski definition) is 6. The third-order valence-corrected chi connectivity index (χ3v) is 4.55. The van der Waals surface area contributed by atoms with Crippen LogP contribution in [0.5, 0.6) is 5.75 Å². The summed E-state index contributed by atoms with van der Waals surface area (Å²) in [5.74, 6) is -0.280. The second kappa shape index (κ2) is 7.32. The zero-order valence-corrected chi connectivity index (χ0v) is 13.3. The lowest BCUT2D eigenvalue weighted by Gasteiger charge is -2.41. The number of phosphoric acid groups is 1. The highest BCUT2D eigenvalue weighted by Gasteiger charge is 2.51. The minimum Gasteiger partial charge on any atom is -0.404 e. The molecule has 0 aliphatic heterocycles. The van der Waals surface area contributed by atoms with Crippen LogP contribution in [0.4, 0.5) is 5.69 Å². The van der Waals surface area contributed by atoms with Gasteiger partial charge in [0.2, 0.25) is 0 Å². The molecule has 0 heterocycles. The molecule has 1 aromatic carbocycles. The van der Waals surface area contributed by atoms with Gasteiger partial charge in [-0.1, -0.05) is 0 Å². The lowest BCUT2D eigenvalue weighted by atomic mass is 9.85. The van der Waals surface area contributed by atoms with Gasteiger partial charge in [0.15, 0.2) is 0 Å². The highest BCUT2D eigenvalue weighted by atomic mass is 31.2. The summed E-state index contributed by atoms with van der Waals surface area (Å²) in [6.45, 7) is 0. The molecule has 12 nitrogen and oxygen atoms in total. The number of aliphatic hydroxyl groups excluding tert-OH is 5. The van der Waals surface area contributed by atoms with E-state index in [2.05, 4.69) is 9.05 Å². The standard InChI is InChI=1S/C12H16NO11P/c14-7-8(15)10(17)12(11(18)9(7)16)24-25(21,22)23-6-3-1-5(2-4-6)13(19)20/h1-4,7-12,14-18H,(H,21,22)/t7?,8-,9-,10-,11-,12?/m1/s1. The minimum atomic E-state index is -4.96. The molecule has 0 aromatic heterocycles. The Kier molecular flexibility index (Phi) is 5.76. The van der Waals surface area contributed by atoms with E-state index in [1.54, 1.807) is 0 Å². The topological polar surface area (TPSA) is 200 Å². The van der Waals surface area contributed by atoms with E-state index in [9.17, 15) is 45.1 Å². The summed E-state index contributed by atoms with van der Waals surface area (Å²) in [4.78, 5) is 19.5. The van der Waals surface area contributed by atoms with E-state index < -0.39 is 49.4 Å². The van der Waals surface area contributed by atoms with Gasteiger partial charge in [-0.3, -0.25) is 19.5 Å². The average Bonchev–Trinajstić information content (AvgIpc) is 2.55. The summed E-state index contributed by atoms with van der Waals surface area (Å²) >= 11 is 0. The van der Waals surface area contributed by atoms with Crippen LogP contribution < -0.4 is 4.52 Å². The van der Waals surface area contributed by atoms with Crippen LogP contribution in [-0.4, -0.2) is 72.0 Å². The van der Waals surface area contributed by atoms with Crippen molar-refractivity contribution < 1.29 is 49.0 Å². The molecule has 0 bridgehead atoms. The lowest BCUT2D eigenvalue weighted by molar-refractivity contribution is -0.384. The van der Waals surface area contributed by atoms with E-state index in [1.165, 1.54) is 0 Å². The van der Waals surface area contributed by atoms with Crippen molar-refractivity contribution in [1.29, 1.82) is 0 Å². The Morgan fingerprint density at radius 1 is 0.920 bits per heavy atom. The number of hydrogen-bond acceptors (Lipinski definition) is 10. The van der Waals surface area contributed by atoms with Crippen molar-refractivity contribution in [3.63, 3.8) is 0 Å². The van der Waals surface area contributed by atoms with Gasteiger partial charge in [0.1, 0.15) is 42.4 Å². The van der Waals surface area contributed by atoms with Gasteiger partial charge in [-0.05, 0) is 12.1 Å². The molecule has 1 aliphatic carbocycles. The number of benzene rings is 1. The molecule has 0 spiro atoms. The number of rotatable bonds is 5. The summed E-state index contributed by atoms with van der Waals surface area (Å²) < 4.78 is 21.2. The first-order chi connectivity index (χ1) is 11.5. The van der Waals surface area contributed by atoms with Crippen molar-refractivity contribution in [2.75, 3.05) is 0 Å². The summed E-state index contributed by atoms with van der Waals surface area (Å²) in [5, 5.41) is 58.6. The third-order valence-electron chi connectivity index (χ3n) is 3.60. The van der Waals surface area contributed by atoms with Crippen LogP contribution in [0.3, 0.4) is 0 Å². The Labute approximate surface area is 140 Å². The second-order valence-electron chi connectivity index (χ2n) is 5.33. The molecule has 0 saturated heterocycles. The fourth-order valence-electron chi connectivity index (χ4n) is 2.26. The van der Waals surface area contributed by atoms with Gasteiger partial charge in [-0.25, -0.2) is 4.57 Å². The highest BCUT2D eigenvalue weighted by molar-refractivity contribution is 7.47. The van der Waals surface area contributed by atoms with Gasteiger partial charge in [0.25, 0.3) is 5.69 Å². The first kappa shape index (κ1) is 19.7. The van der Waals surface area contributed by atoms with Crippen LogP contribution in [0, 0.1) is 10.1 Å². The van der Waals surface area contributed by atoms with Gasteiger partial charge in [0, 0.05) is 12.1 Å². The first-order valence-electron chi connectivity index (χ1n) is 6.89. The molecule has 1 unspecified atom stereocenters. The Hall–Kier alpha value is -1.63. The molecule has 1 saturated carbocycles. The van der Waals surface area contributed by atoms with Gasteiger partial charge in [-0.15, -0.1) is 0 Å². The van der Waals surface area contributed by atoms with Crippen molar-refractivity contribution in [1.82, 2.24) is 0 Å². The van der Waals surface area contributed by atoms with Crippen molar-refractivity contribution in [3.8, 4) is 5.75 Å². The van der Waals surface area contributed by atoms with Crippen LogP contribution >= 0.6 is 7.82 Å². The van der Waals surface area contributed by atoms with Gasteiger partial charge in [-0.2, -0.15) is 0 Å². The van der Waals surface area contributed by atoms with Crippen LogP contribution in [0.15, 0.2) is 24.3 Å². The molecule has 1 aromatic rings. The molecule has 140 valence electrons. The Morgan fingerprint density at radius 3 is 1.80 bits per heavy atom. The van der Waals surface area contributed by atoms with E-state index in [4.69, 9.17) is 0 Å². The van der Waals surface area contributed by atoms with E-state index in [0.29, 0.717) is 0 Å². The molecule has 0 radical (unpaired) electrons. The molecule has 25 heavy (non-hydrogen) atoms. The largest absolute Gasteiger partial charge is 0.527 e. The molecule has 13 heteroatoms. The zero-order valence-electron chi connectivity index (χ0n) is 12.4. The number of aliphatic hydroxyl groups is 5. The average molecular weight is 381 g/mol. The Balaban J connectivity index is 2.11. The number of nitro benzene ring substituents is 1. The van der Waals surface area contributed by atoms with Crippen LogP contribution in [0.25, 0.3) is 0 Å². The summed E-state index contributed by atoms with van der Waals surface area (Å²) in [7, 11) is -4.96. The molecular weight excluding hydrogens is 365 g/mol. The maximum Gasteiger partial charge on any atom is 0.527 e. The minimum absolute atomic E-state index is 0.280. The van der Waals surface area contributed by atoms with E-state index >= 15 is 0 Å². The van der Waals surface area contributed by atoms with E-state index in [1.807, 2.05) is 0 Å². The van der Waals surface area contributed by atoms with Crippen LogP contribution in [0.1, 0.15) is 0 Å². The molecule has 1 fully saturated rings. The van der Waals surface area contributed by atoms with Gasteiger partial charge >= 0.3 is 7.82 Å². The molecular formula is C12H16NO11P. The van der Waals surface area contributed by atoms with Crippen molar-refractivity contribution in [2.45, 2.75) is 36.6 Å². The molecule has 6 N–H and O–H groups in total. The molecule has 2 rings (SSSR count). The monoisotopic (exact) mass is 381 g/mol. The number of non-ortho nitro benzene ring substituents is 1. The normalized spacial score (nSPS) is 35.0. The predicted octanol–water partition coefficient (Wildman–Crippen LogP) is -1.72. The summed E-state index contributed by atoms with van der Waals surface area (Å²) in [6.07, 6.45) is -11.7. The Morgan fingerprint density at radius 2 is 1.36 bits per heavy atom. The van der Waals surface area contributed by atoms with Gasteiger partial charge in [0.05, 0.1) is 4.92 Å². The van der Waals surface area contributed by atoms with Crippen molar-refractivity contribution in [3.05, 3.63) is 34.4 Å². The smallest absolute Gasteiger partial charge is 0.404 e. The predicted molar refractivity (Wildman–Crippen MR) is 78.5 cm³/mol. The fraction of sp³-hybridized carbons (Fsp3) is 0.500. The third kappa shape index (κ3) is 4.32. The quantitative estimate of drug-likeness (QED) is 0.192. The van der Waals surface area contributed by atoms with Crippen LogP contribution in [0.2, 0.25) is 0 Å². The summed E-state index contributed by atoms with van der Waals surface area (Å²) in [5.41, 5.74) is -0.292. The van der Waals surface area contributed by atoms with Gasteiger partial charge < -0.3 is 30.1 Å². The van der Waals surface area contributed by atoms with Crippen LogP contribution in [-0.2, 0) is 9.09 Å². The number of phosphoric ester groups is 1. The lowest BCUT2D eigenvalue weighted by Crippen LogP contribution is -2.64. The maximum absolute atomic E-state index is 12.0. The zero-order chi connectivity index (χ0) is 18.9. The number of nitrogens with zero attached hydrogens (tertiary/aromatic N) is 1. The maximum atomic E-state index is 12.0. The second-order valence-corrected chi connectivity index (χ2v) is 6.66. The Bertz CT molecular complexity index is 652. The summed E-state index contributed by atoms with van der Waals surface area (Å²) in [6, 6.07) is 4.05. The van der Waals surface area contributed by atoms with E-state index in [-0.39, 0.29) is 11.4 Å². The molecule has 0 amide bonds. The molecule has 1 aliphatic rings. The fourth-order valence-corrected chi connectivity index (χ4v) is 3.25. The first-order valence-corrected chi connectivity index (χ1v) is 8.38. The van der Waals surface area contributed by atoms with E-state index in [0.717, 1.165) is 24.3 Å². The number of nitro groups is 1. The SMILES string of the molecule is O=[N+]([O-])c1ccc(OP(=O)(O)OC2[C@H](O)[C@H](O)C(O)[C@@H](O)[C@H]2O)cc1. The molecule has 5 atom stereocenters. The van der Waals surface area contributed by atoms with Crippen molar-refractivity contribution in [2.24, 2.45) is 0 Å². The highest BCUT2D eigenvalue weighted by Crippen LogP contribution is 2.47. The van der Waals surface area contributed by atoms with Crippen molar-refractivity contribution >= 4 is 13.5 Å².